The molecule has 1 heterocycles. The van der Waals surface area contributed by atoms with Crippen LogP contribution in [-0.4, -0.2) is 34.0 Å². The number of aromatic carboxylic acids is 1. The van der Waals surface area contributed by atoms with E-state index in [0.29, 0.717) is 18.5 Å². The second-order valence-electron chi connectivity index (χ2n) is 4.85. The van der Waals surface area contributed by atoms with E-state index in [0.717, 1.165) is 30.4 Å². The lowest BCUT2D eigenvalue weighted by Crippen LogP contribution is -2.20. The number of nitrogens with one attached hydrogen (secondary N) is 1. The van der Waals surface area contributed by atoms with Gasteiger partial charge in [0.05, 0.1) is 16.7 Å². The van der Waals surface area contributed by atoms with Gasteiger partial charge in [-0.25, -0.2) is 9.18 Å². The van der Waals surface area contributed by atoms with Crippen molar-refractivity contribution in [1.82, 2.24) is 0 Å². The number of anilines is 1. The Morgan fingerprint density at radius 2 is 2.14 bits per heavy atom. The van der Waals surface area contributed by atoms with Crippen LogP contribution in [-0.2, 0) is 0 Å². The smallest absolute Gasteiger partial charge is 0.342 e. The van der Waals surface area contributed by atoms with E-state index in [1.165, 1.54) is 0 Å². The number of carboxylic acids is 1. The van der Waals surface area contributed by atoms with Gasteiger partial charge in [-0.15, -0.1) is 0 Å². The Kier molecular flexibility index (Phi) is 5.00. The Labute approximate surface area is 124 Å². The van der Waals surface area contributed by atoms with Crippen molar-refractivity contribution in [3.8, 4) is 0 Å². The average Bonchev–Trinajstić information content (AvgIpc) is 2.46. The molecule has 114 valence electrons. The molecule has 1 saturated heterocycles. The molecule has 0 unspecified atom stereocenters. The van der Waals surface area contributed by atoms with Crippen LogP contribution >= 0.6 is 11.8 Å². The van der Waals surface area contributed by atoms with Gasteiger partial charge < -0.3 is 10.4 Å². The van der Waals surface area contributed by atoms with E-state index < -0.39 is 28.0 Å². The lowest BCUT2D eigenvalue weighted by atomic mass is 10.0. The second kappa shape index (κ2) is 6.75. The van der Waals surface area contributed by atoms with Crippen molar-refractivity contribution in [2.75, 3.05) is 23.4 Å². The fraction of sp³-hybridized carbons (Fsp3) is 0.462. The van der Waals surface area contributed by atoms with E-state index in [2.05, 4.69) is 5.32 Å². The maximum absolute atomic E-state index is 13.8. The monoisotopic (exact) mass is 314 g/mol. The normalized spacial score (nSPS) is 15.7. The largest absolute Gasteiger partial charge is 0.477 e. The van der Waals surface area contributed by atoms with Gasteiger partial charge in [0, 0.05) is 6.54 Å². The summed E-state index contributed by atoms with van der Waals surface area (Å²) >= 11 is 1.88. The first-order chi connectivity index (χ1) is 9.99. The highest BCUT2D eigenvalue weighted by molar-refractivity contribution is 7.99. The molecule has 1 aliphatic heterocycles. The van der Waals surface area contributed by atoms with Gasteiger partial charge in [0.15, 0.2) is 5.82 Å². The molecule has 0 aliphatic carbocycles. The number of nitro groups is 1. The van der Waals surface area contributed by atoms with Gasteiger partial charge in [-0.05, 0) is 36.3 Å². The van der Waals surface area contributed by atoms with E-state index in [9.17, 15) is 19.3 Å². The SMILES string of the molecule is O=C(O)c1cc(NCC2CCSCC2)c(F)cc1[N+](=O)[O-]. The van der Waals surface area contributed by atoms with Crippen LogP contribution in [0.15, 0.2) is 12.1 Å². The molecule has 1 aromatic rings. The predicted molar refractivity (Wildman–Crippen MR) is 78.6 cm³/mol. The lowest BCUT2D eigenvalue weighted by Gasteiger charge is -2.22. The van der Waals surface area contributed by atoms with E-state index in [1.807, 2.05) is 11.8 Å². The van der Waals surface area contributed by atoms with Gasteiger partial charge in [-0.2, -0.15) is 11.8 Å². The summed E-state index contributed by atoms with van der Waals surface area (Å²) in [6.45, 7) is 0.536. The standard InChI is InChI=1S/C13H15FN2O4S/c14-10-6-12(16(19)20)9(13(17)18)5-11(10)15-7-8-1-3-21-4-2-8/h5-6,8,15H,1-4,7H2,(H,17,18). The summed E-state index contributed by atoms with van der Waals surface area (Å²) in [5, 5.41) is 22.6. The molecule has 6 nitrogen and oxygen atoms in total. The van der Waals surface area contributed by atoms with Gasteiger partial charge in [-0.3, -0.25) is 10.1 Å². The predicted octanol–water partition coefficient (Wildman–Crippen LogP) is 2.99. The molecule has 1 fully saturated rings. The fourth-order valence-electron chi connectivity index (χ4n) is 2.23. The topological polar surface area (TPSA) is 92.5 Å². The van der Waals surface area contributed by atoms with E-state index in [-0.39, 0.29) is 5.69 Å². The van der Waals surface area contributed by atoms with Gasteiger partial charge in [0.2, 0.25) is 0 Å². The highest BCUT2D eigenvalue weighted by Crippen LogP contribution is 2.28. The summed E-state index contributed by atoms with van der Waals surface area (Å²) in [6.07, 6.45) is 2.05. The highest BCUT2D eigenvalue weighted by Gasteiger charge is 2.23. The number of benzene rings is 1. The molecule has 1 aliphatic rings. The Balaban J connectivity index is 2.17. The second-order valence-corrected chi connectivity index (χ2v) is 6.07. The molecule has 0 spiro atoms. The van der Waals surface area contributed by atoms with Crippen LogP contribution in [0.25, 0.3) is 0 Å². The van der Waals surface area contributed by atoms with Crippen molar-refractivity contribution in [2.45, 2.75) is 12.8 Å². The molecule has 2 N–H and O–H groups in total. The summed E-state index contributed by atoms with van der Waals surface area (Å²) in [5.41, 5.74) is -1.25. The van der Waals surface area contributed by atoms with Crippen molar-refractivity contribution in [3.05, 3.63) is 33.6 Å². The molecule has 1 aromatic carbocycles. The summed E-state index contributed by atoms with van der Waals surface area (Å²) in [7, 11) is 0. The molecule has 0 bridgehead atoms. The molecular formula is C13H15FN2O4S. The van der Waals surface area contributed by atoms with Crippen molar-refractivity contribution in [2.24, 2.45) is 5.92 Å². The maximum atomic E-state index is 13.8. The third-order valence-corrected chi connectivity index (χ3v) is 4.48. The van der Waals surface area contributed by atoms with E-state index >= 15 is 0 Å². The molecular weight excluding hydrogens is 299 g/mol. The zero-order valence-electron chi connectivity index (χ0n) is 11.2. The van der Waals surface area contributed by atoms with Gasteiger partial charge >= 0.3 is 5.97 Å². The molecule has 21 heavy (non-hydrogen) atoms. The minimum Gasteiger partial charge on any atom is -0.477 e. The molecule has 0 amide bonds. The quantitative estimate of drug-likeness (QED) is 0.641. The highest BCUT2D eigenvalue weighted by atomic mass is 32.2. The number of halogens is 1. The maximum Gasteiger partial charge on any atom is 0.342 e. The summed E-state index contributed by atoms with van der Waals surface area (Å²) in [4.78, 5) is 20.9. The Morgan fingerprint density at radius 3 is 2.71 bits per heavy atom. The van der Waals surface area contributed by atoms with Crippen LogP contribution in [0.5, 0.6) is 0 Å². The number of rotatable bonds is 5. The summed E-state index contributed by atoms with van der Waals surface area (Å²) in [5.74, 6) is 0.287. The molecule has 0 atom stereocenters. The first-order valence-electron chi connectivity index (χ1n) is 6.52. The number of nitro benzene ring substituents is 1. The van der Waals surface area contributed by atoms with Crippen molar-refractivity contribution in [3.63, 3.8) is 0 Å². The van der Waals surface area contributed by atoms with Crippen LogP contribution < -0.4 is 5.32 Å². The van der Waals surface area contributed by atoms with Crippen molar-refractivity contribution >= 4 is 29.1 Å². The zero-order chi connectivity index (χ0) is 15.4. The third-order valence-electron chi connectivity index (χ3n) is 3.43. The minimum atomic E-state index is -1.45. The number of hydrogen-bond acceptors (Lipinski definition) is 5. The molecule has 0 saturated carbocycles. The Bertz CT molecular complexity index is 561. The van der Waals surface area contributed by atoms with Crippen LogP contribution in [0, 0.1) is 21.8 Å². The van der Waals surface area contributed by atoms with Crippen molar-refractivity contribution in [1.29, 1.82) is 0 Å². The molecule has 0 aromatic heterocycles. The zero-order valence-corrected chi connectivity index (χ0v) is 12.0. The minimum absolute atomic E-state index is 0.00349. The third kappa shape index (κ3) is 3.84. The molecule has 2 rings (SSSR count). The average molecular weight is 314 g/mol. The van der Waals surface area contributed by atoms with Gasteiger partial charge in [0.1, 0.15) is 5.56 Å². The summed E-state index contributed by atoms with van der Waals surface area (Å²) < 4.78 is 13.8. The summed E-state index contributed by atoms with van der Waals surface area (Å²) in [6, 6.07) is 1.65. The fourth-order valence-corrected chi connectivity index (χ4v) is 3.43. The van der Waals surface area contributed by atoms with Crippen LogP contribution in [0.1, 0.15) is 23.2 Å². The molecule has 8 heteroatoms. The number of thioether (sulfide) groups is 1. The molecule has 0 radical (unpaired) electrons. The Hall–Kier alpha value is -1.83. The van der Waals surface area contributed by atoms with Crippen LogP contribution in [0.2, 0.25) is 0 Å². The number of nitrogens with zero attached hydrogens (tertiary/aromatic N) is 1. The van der Waals surface area contributed by atoms with Crippen molar-refractivity contribution < 1.29 is 19.2 Å². The number of carboxylic acid groups (broad SMARTS) is 1. The van der Waals surface area contributed by atoms with Gasteiger partial charge in [-0.1, -0.05) is 0 Å². The first-order valence-corrected chi connectivity index (χ1v) is 7.67. The van der Waals surface area contributed by atoms with E-state index in [1.54, 1.807) is 0 Å². The Morgan fingerprint density at radius 1 is 1.48 bits per heavy atom. The number of carbonyl (C=O) groups is 1. The van der Waals surface area contributed by atoms with Gasteiger partial charge in [0.25, 0.3) is 5.69 Å². The first kappa shape index (κ1) is 15.6. The van der Waals surface area contributed by atoms with E-state index in [4.69, 9.17) is 5.11 Å². The number of hydrogen-bond donors (Lipinski definition) is 2. The lowest BCUT2D eigenvalue weighted by molar-refractivity contribution is -0.385. The van der Waals surface area contributed by atoms with Crippen LogP contribution in [0.4, 0.5) is 15.8 Å². The van der Waals surface area contributed by atoms with Crippen LogP contribution in [0.3, 0.4) is 0 Å².